The van der Waals surface area contributed by atoms with Crippen molar-refractivity contribution in [2.75, 3.05) is 7.05 Å². The van der Waals surface area contributed by atoms with Crippen molar-refractivity contribution in [3.05, 3.63) is 34.9 Å². The van der Waals surface area contributed by atoms with Gasteiger partial charge in [-0.3, -0.25) is 4.79 Å². The van der Waals surface area contributed by atoms with Gasteiger partial charge in [0.25, 0.3) is 5.91 Å². The Morgan fingerprint density at radius 3 is 2.56 bits per heavy atom. The van der Waals surface area contributed by atoms with E-state index in [1.165, 1.54) is 6.07 Å². The highest BCUT2D eigenvalue weighted by Gasteiger charge is 2.50. The lowest BCUT2D eigenvalue weighted by Crippen LogP contribution is -2.45. The molecule has 0 N–H and O–H groups in total. The normalized spacial score (nSPS) is 11.7. The fraction of sp³-hybridized carbons (Fsp3) is 0.364. The molecule has 1 amide bonds. The van der Waals surface area contributed by atoms with Gasteiger partial charge in [0.15, 0.2) is 0 Å². The van der Waals surface area contributed by atoms with Crippen LogP contribution in [0.2, 0.25) is 5.02 Å². The molecule has 0 aliphatic heterocycles. The quantitative estimate of drug-likeness (QED) is 0.777. The molecule has 0 spiro atoms. The second-order valence-corrected chi connectivity index (χ2v) is 4.15. The van der Waals surface area contributed by atoms with Crippen molar-refractivity contribution >= 4 is 17.5 Å². The minimum Gasteiger partial charge on any atom is -0.336 e. The van der Waals surface area contributed by atoms with Gasteiger partial charge in [-0.1, -0.05) is 23.7 Å². The van der Waals surface area contributed by atoms with E-state index in [4.69, 9.17) is 11.6 Å². The fourth-order valence-corrected chi connectivity index (χ4v) is 1.54. The number of rotatable bonds is 4. The highest BCUT2D eigenvalue weighted by atomic mass is 35.5. The minimum atomic E-state index is -4.67. The highest BCUT2D eigenvalue weighted by Crippen LogP contribution is 2.25. The van der Waals surface area contributed by atoms with Gasteiger partial charge < -0.3 is 4.90 Å². The van der Waals surface area contributed by atoms with E-state index in [1.54, 1.807) is 18.2 Å². The number of benzene rings is 1. The molecule has 1 aromatic rings. The fourth-order valence-electron chi connectivity index (χ4n) is 1.33. The third-order valence-electron chi connectivity index (χ3n) is 2.21. The zero-order chi connectivity index (χ0) is 13.9. The molecule has 7 heteroatoms. The molecule has 0 fully saturated rings. The zero-order valence-electron chi connectivity index (χ0n) is 9.34. The first-order chi connectivity index (χ1) is 8.25. The number of hydrogen-bond acceptors (Lipinski definition) is 1. The van der Waals surface area contributed by atoms with Crippen molar-refractivity contribution in [2.24, 2.45) is 0 Å². The minimum absolute atomic E-state index is 0.221. The second-order valence-electron chi connectivity index (χ2n) is 3.71. The maximum atomic E-state index is 12.8. The molecule has 0 saturated heterocycles. The standard InChI is InChI=1S/C11H10ClF4NO/c1-17(10(18)11(15,16)9(13)14)6-7-3-2-4-8(12)5-7/h2-5,9H,6H2,1H3. The molecule has 0 saturated carbocycles. The van der Waals surface area contributed by atoms with Crippen LogP contribution in [0.3, 0.4) is 0 Å². The van der Waals surface area contributed by atoms with Gasteiger partial charge in [-0.05, 0) is 17.7 Å². The Hall–Kier alpha value is -1.30. The van der Waals surface area contributed by atoms with E-state index < -0.39 is 18.3 Å². The molecule has 100 valence electrons. The van der Waals surface area contributed by atoms with Crippen LogP contribution in [0.15, 0.2) is 24.3 Å². The Kier molecular flexibility index (Phi) is 4.56. The van der Waals surface area contributed by atoms with Crippen LogP contribution in [0.5, 0.6) is 0 Å². The predicted molar refractivity (Wildman–Crippen MR) is 58.9 cm³/mol. The summed E-state index contributed by atoms with van der Waals surface area (Å²) in [7, 11) is 1.03. The van der Waals surface area contributed by atoms with Crippen molar-refractivity contribution in [3.8, 4) is 0 Å². The van der Waals surface area contributed by atoms with Crippen LogP contribution in [-0.4, -0.2) is 30.2 Å². The number of amides is 1. The van der Waals surface area contributed by atoms with Crippen molar-refractivity contribution in [2.45, 2.75) is 18.9 Å². The van der Waals surface area contributed by atoms with Gasteiger partial charge in [0.2, 0.25) is 0 Å². The summed E-state index contributed by atoms with van der Waals surface area (Å²) in [6, 6.07) is 6.16. The SMILES string of the molecule is CN(Cc1cccc(Cl)c1)C(=O)C(F)(F)C(F)F. The summed E-state index contributed by atoms with van der Waals surface area (Å²) in [5.74, 6) is -6.59. The summed E-state index contributed by atoms with van der Waals surface area (Å²) in [5.41, 5.74) is 0.475. The van der Waals surface area contributed by atoms with E-state index in [0.29, 0.717) is 15.5 Å². The Morgan fingerprint density at radius 1 is 1.44 bits per heavy atom. The molecule has 0 atom stereocenters. The third-order valence-corrected chi connectivity index (χ3v) is 2.45. The van der Waals surface area contributed by atoms with Crippen LogP contribution in [0.25, 0.3) is 0 Å². The molecule has 0 radical (unpaired) electrons. The van der Waals surface area contributed by atoms with Gasteiger partial charge >= 0.3 is 12.3 Å². The predicted octanol–water partition coefficient (Wildman–Crippen LogP) is 3.20. The lowest BCUT2D eigenvalue weighted by atomic mass is 10.2. The average molecular weight is 284 g/mol. The van der Waals surface area contributed by atoms with E-state index in [0.717, 1.165) is 7.05 Å². The molecule has 0 aliphatic carbocycles. The van der Waals surface area contributed by atoms with Crippen LogP contribution in [0, 0.1) is 0 Å². The number of nitrogens with zero attached hydrogens (tertiary/aromatic N) is 1. The zero-order valence-corrected chi connectivity index (χ0v) is 10.1. The van der Waals surface area contributed by atoms with E-state index in [1.807, 2.05) is 0 Å². The van der Waals surface area contributed by atoms with E-state index in [2.05, 4.69) is 0 Å². The van der Waals surface area contributed by atoms with Crippen molar-refractivity contribution in [1.29, 1.82) is 0 Å². The number of hydrogen-bond donors (Lipinski definition) is 0. The second kappa shape index (κ2) is 5.56. The summed E-state index contributed by atoms with van der Waals surface area (Å²) in [5, 5.41) is 0.369. The summed E-state index contributed by atoms with van der Waals surface area (Å²) < 4.78 is 49.6. The topological polar surface area (TPSA) is 20.3 Å². The Bertz CT molecular complexity index is 439. The van der Waals surface area contributed by atoms with Crippen LogP contribution >= 0.6 is 11.6 Å². The van der Waals surface area contributed by atoms with Gasteiger partial charge in [-0.2, -0.15) is 8.78 Å². The Balaban J connectivity index is 2.77. The van der Waals surface area contributed by atoms with Crippen LogP contribution in [-0.2, 0) is 11.3 Å². The van der Waals surface area contributed by atoms with E-state index >= 15 is 0 Å². The summed E-state index contributed by atoms with van der Waals surface area (Å²) >= 11 is 5.68. The number of halogens is 5. The summed E-state index contributed by atoms with van der Waals surface area (Å²) in [6.45, 7) is -0.221. The molecule has 0 aliphatic rings. The molecule has 0 unspecified atom stereocenters. The third kappa shape index (κ3) is 3.35. The average Bonchev–Trinajstić information content (AvgIpc) is 2.27. The number of alkyl halides is 4. The molecule has 0 bridgehead atoms. The first-order valence-electron chi connectivity index (χ1n) is 4.91. The smallest absolute Gasteiger partial charge is 0.336 e. The molecule has 2 nitrogen and oxygen atoms in total. The summed E-state index contributed by atoms with van der Waals surface area (Å²) in [6.07, 6.45) is -4.02. The first-order valence-corrected chi connectivity index (χ1v) is 5.29. The molecule has 18 heavy (non-hydrogen) atoms. The van der Waals surface area contributed by atoms with Crippen molar-refractivity contribution in [3.63, 3.8) is 0 Å². The molecule has 0 aromatic heterocycles. The van der Waals surface area contributed by atoms with Crippen molar-refractivity contribution in [1.82, 2.24) is 4.90 Å². The van der Waals surface area contributed by atoms with Gasteiger partial charge in [-0.25, -0.2) is 8.78 Å². The maximum Gasteiger partial charge on any atom is 0.383 e. The lowest BCUT2D eigenvalue weighted by molar-refractivity contribution is -0.179. The molecule has 1 aromatic carbocycles. The van der Waals surface area contributed by atoms with Gasteiger partial charge in [0.1, 0.15) is 0 Å². The monoisotopic (exact) mass is 283 g/mol. The van der Waals surface area contributed by atoms with E-state index in [-0.39, 0.29) is 6.54 Å². The Morgan fingerprint density at radius 2 is 2.06 bits per heavy atom. The largest absolute Gasteiger partial charge is 0.383 e. The molecular formula is C11H10ClF4NO. The van der Waals surface area contributed by atoms with Crippen LogP contribution in [0.1, 0.15) is 5.56 Å². The van der Waals surface area contributed by atoms with Gasteiger partial charge in [-0.15, -0.1) is 0 Å². The number of carbonyl (C=O) groups is 1. The summed E-state index contributed by atoms with van der Waals surface area (Å²) in [4.78, 5) is 11.7. The molecule has 0 heterocycles. The Labute approximate surface area is 106 Å². The molecule has 1 rings (SSSR count). The number of carbonyl (C=O) groups excluding carboxylic acids is 1. The van der Waals surface area contributed by atoms with Crippen molar-refractivity contribution < 1.29 is 22.4 Å². The van der Waals surface area contributed by atoms with Crippen LogP contribution < -0.4 is 0 Å². The lowest BCUT2D eigenvalue weighted by Gasteiger charge is -2.22. The molecular weight excluding hydrogens is 274 g/mol. The highest BCUT2D eigenvalue weighted by molar-refractivity contribution is 6.30. The van der Waals surface area contributed by atoms with Gasteiger partial charge in [0, 0.05) is 18.6 Å². The van der Waals surface area contributed by atoms with E-state index in [9.17, 15) is 22.4 Å². The maximum absolute atomic E-state index is 12.8. The first kappa shape index (κ1) is 14.8. The van der Waals surface area contributed by atoms with Crippen LogP contribution in [0.4, 0.5) is 17.6 Å². The van der Waals surface area contributed by atoms with Gasteiger partial charge in [0.05, 0.1) is 0 Å².